The van der Waals surface area contributed by atoms with E-state index in [1.165, 1.54) is 18.4 Å². The van der Waals surface area contributed by atoms with Crippen LogP contribution in [0.25, 0.3) is 0 Å². The van der Waals surface area contributed by atoms with E-state index < -0.39 is 5.60 Å². The molecule has 1 fully saturated rings. The molecular formula is C20H25NO. The summed E-state index contributed by atoms with van der Waals surface area (Å²) < 4.78 is 0. The van der Waals surface area contributed by atoms with E-state index in [9.17, 15) is 5.11 Å². The first-order chi connectivity index (χ1) is 10.7. The van der Waals surface area contributed by atoms with Crippen molar-refractivity contribution < 1.29 is 5.11 Å². The second-order valence-electron chi connectivity index (χ2n) is 6.46. The molecule has 2 N–H and O–H groups in total. The fraction of sp³-hybridized carbons (Fsp3) is 0.400. The summed E-state index contributed by atoms with van der Waals surface area (Å²) in [4.78, 5) is 0. The number of nitrogens with one attached hydrogen (secondary N) is 1. The largest absolute Gasteiger partial charge is 0.385 e. The van der Waals surface area contributed by atoms with Crippen LogP contribution in [0.5, 0.6) is 0 Å². The highest BCUT2D eigenvalue weighted by Gasteiger charge is 2.40. The van der Waals surface area contributed by atoms with E-state index in [2.05, 4.69) is 29.6 Å². The van der Waals surface area contributed by atoms with Gasteiger partial charge < -0.3 is 10.4 Å². The lowest BCUT2D eigenvalue weighted by molar-refractivity contribution is 0.00897. The highest BCUT2D eigenvalue weighted by Crippen LogP contribution is 2.41. The average Bonchev–Trinajstić information content (AvgIpc) is 2.58. The Kier molecular flexibility index (Phi) is 4.60. The summed E-state index contributed by atoms with van der Waals surface area (Å²) in [5.74, 6) is 0.0522. The molecule has 2 aromatic rings. The van der Waals surface area contributed by atoms with Crippen molar-refractivity contribution in [1.29, 1.82) is 0 Å². The number of piperidine rings is 1. The van der Waals surface area contributed by atoms with Crippen molar-refractivity contribution in [2.75, 3.05) is 6.54 Å². The first-order valence-corrected chi connectivity index (χ1v) is 8.26. The summed E-state index contributed by atoms with van der Waals surface area (Å²) in [6, 6.07) is 20.8. The maximum atomic E-state index is 11.4. The third-order valence-corrected chi connectivity index (χ3v) is 4.87. The number of hydrogen-bond donors (Lipinski definition) is 2. The Morgan fingerprint density at radius 1 is 1.00 bits per heavy atom. The predicted molar refractivity (Wildman–Crippen MR) is 90.8 cm³/mol. The lowest BCUT2D eigenvalue weighted by atomic mass is 9.72. The molecule has 1 aliphatic heterocycles. The Hall–Kier alpha value is -1.64. The molecule has 0 saturated carbocycles. The van der Waals surface area contributed by atoms with Crippen LogP contribution in [-0.4, -0.2) is 17.7 Å². The lowest BCUT2D eigenvalue weighted by Gasteiger charge is -2.41. The summed E-state index contributed by atoms with van der Waals surface area (Å²) in [6.45, 7) is 3.00. The fourth-order valence-corrected chi connectivity index (χ4v) is 3.73. The molecule has 1 aliphatic rings. The minimum absolute atomic E-state index is 0.0522. The quantitative estimate of drug-likeness (QED) is 0.898. The van der Waals surface area contributed by atoms with E-state index >= 15 is 0 Å². The molecule has 0 amide bonds. The topological polar surface area (TPSA) is 32.3 Å². The average molecular weight is 295 g/mol. The van der Waals surface area contributed by atoms with Crippen LogP contribution in [-0.2, 0) is 5.60 Å². The molecule has 0 unspecified atom stereocenters. The standard InChI is InChI=1S/C20H25NO/c1-20(22,17-12-6-3-7-13-17)19(16-10-4-2-5-11-16)18-14-8-9-15-21-18/h2-7,10-13,18-19,21-22H,8-9,14-15H2,1H3/t18-,19-,20+/m1/s1. The second kappa shape index (κ2) is 6.64. The van der Waals surface area contributed by atoms with Crippen molar-refractivity contribution >= 4 is 0 Å². The Morgan fingerprint density at radius 3 is 2.23 bits per heavy atom. The molecule has 1 saturated heterocycles. The zero-order chi connectivity index (χ0) is 15.4. The summed E-state index contributed by atoms with van der Waals surface area (Å²) in [6.07, 6.45) is 3.57. The molecule has 0 aliphatic carbocycles. The Labute approximate surface area is 133 Å². The molecule has 3 atom stereocenters. The lowest BCUT2D eigenvalue weighted by Crippen LogP contribution is -2.47. The van der Waals surface area contributed by atoms with Gasteiger partial charge in [0.25, 0.3) is 0 Å². The molecule has 3 rings (SSSR count). The fourth-order valence-electron chi connectivity index (χ4n) is 3.73. The number of aliphatic hydroxyl groups is 1. The van der Waals surface area contributed by atoms with Crippen LogP contribution in [0.2, 0.25) is 0 Å². The van der Waals surface area contributed by atoms with Gasteiger partial charge in [-0.1, -0.05) is 67.1 Å². The highest BCUT2D eigenvalue weighted by atomic mass is 16.3. The van der Waals surface area contributed by atoms with Gasteiger partial charge in [0.1, 0.15) is 0 Å². The zero-order valence-electron chi connectivity index (χ0n) is 13.2. The third kappa shape index (κ3) is 3.08. The number of rotatable bonds is 4. The highest BCUT2D eigenvalue weighted by molar-refractivity contribution is 5.32. The SMILES string of the molecule is C[C@](O)(c1ccccc1)[C@H](c1ccccc1)[C@H]1CCCCN1. The first kappa shape index (κ1) is 15.3. The van der Waals surface area contributed by atoms with E-state index in [1.807, 2.05) is 43.3 Å². The van der Waals surface area contributed by atoms with Gasteiger partial charge in [-0.25, -0.2) is 0 Å². The van der Waals surface area contributed by atoms with Crippen LogP contribution >= 0.6 is 0 Å². The van der Waals surface area contributed by atoms with Gasteiger partial charge in [-0.2, -0.15) is 0 Å². The minimum Gasteiger partial charge on any atom is -0.385 e. The summed E-state index contributed by atoms with van der Waals surface area (Å²) in [5.41, 5.74) is 1.30. The normalized spacial score (nSPS) is 22.7. The second-order valence-corrected chi connectivity index (χ2v) is 6.46. The molecule has 2 heteroatoms. The summed E-state index contributed by atoms with van der Waals surface area (Å²) >= 11 is 0. The monoisotopic (exact) mass is 295 g/mol. The Morgan fingerprint density at radius 2 is 1.64 bits per heavy atom. The third-order valence-electron chi connectivity index (χ3n) is 4.87. The van der Waals surface area contributed by atoms with Gasteiger partial charge in [-0.05, 0) is 37.4 Å². The molecule has 0 aromatic heterocycles. The molecule has 0 bridgehead atoms. The molecule has 1 heterocycles. The van der Waals surface area contributed by atoms with Gasteiger partial charge in [0, 0.05) is 12.0 Å². The van der Waals surface area contributed by atoms with Crippen LogP contribution in [0.1, 0.15) is 43.2 Å². The van der Waals surface area contributed by atoms with Gasteiger partial charge in [0.05, 0.1) is 5.60 Å². The van der Waals surface area contributed by atoms with Crippen LogP contribution in [0.3, 0.4) is 0 Å². The van der Waals surface area contributed by atoms with Crippen molar-refractivity contribution in [2.24, 2.45) is 0 Å². The van der Waals surface area contributed by atoms with Crippen LogP contribution in [0.15, 0.2) is 60.7 Å². The summed E-state index contributed by atoms with van der Waals surface area (Å²) in [5, 5.41) is 15.0. The molecule has 116 valence electrons. The van der Waals surface area contributed by atoms with Gasteiger partial charge in [0.2, 0.25) is 0 Å². The van der Waals surface area contributed by atoms with Gasteiger partial charge >= 0.3 is 0 Å². The molecular weight excluding hydrogens is 270 g/mol. The van der Waals surface area contributed by atoms with Crippen molar-refractivity contribution in [3.05, 3.63) is 71.8 Å². The van der Waals surface area contributed by atoms with E-state index in [-0.39, 0.29) is 5.92 Å². The van der Waals surface area contributed by atoms with Crippen molar-refractivity contribution in [2.45, 2.75) is 43.7 Å². The van der Waals surface area contributed by atoms with Crippen LogP contribution in [0, 0.1) is 0 Å². The Balaban J connectivity index is 2.01. The van der Waals surface area contributed by atoms with Crippen LogP contribution in [0.4, 0.5) is 0 Å². The predicted octanol–water partition coefficient (Wildman–Crippen LogP) is 3.82. The maximum absolute atomic E-state index is 11.4. The summed E-state index contributed by atoms with van der Waals surface area (Å²) in [7, 11) is 0. The van der Waals surface area contributed by atoms with Crippen molar-refractivity contribution in [3.8, 4) is 0 Å². The van der Waals surface area contributed by atoms with E-state index in [4.69, 9.17) is 0 Å². The molecule has 22 heavy (non-hydrogen) atoms. The van der Waals surface area contributed by atoms with Gasteiger partial charge in [-0.3, -0.25) is 0 Å². The smallest absolute Gasteiger partial charge is 0.0951 e. The Bertz CT molecular complexity index is 573. The van der Waals surface area contributed by atoms with E-state index in [0.717, 1.165) is 18.5 Å². The van der Waals surface area contributed by atoms with E-state index in [0.29, 0.717) is 6.04 Å². The van der Waals surface area contributed by atoms with E-state index in [1.54, 1.807) is 0 Å². The molecule has 2 nitrogen and oxygen atoms in total. The van der Waals surface area contributed by atoms with Crippen molar-refractivity contribution in [1.82, 2.24) is 5.32 Å². The van der Waals surface area contributed by atoms with Crippen LogP contribution < -0.4 is 5.32 Å². The minimum atomic E-state index is -0.891. The van der Waals surface area contributed by atoms with Gasteiger partial charge in [0.15, 0.2) is 0 Å². The zero-order valence-corrected chi connectivity index (χ0v) is 13.2. The van der Waals surface area contributed by atoms with Gasteiger partial charge in [-0.15, -0.1) is 0 Å². The molecule has 0 radical (unpaired) electrons. The number of benzene rings is 2. The first-order valence-electron chi connectivity index (χ1n) is 8.26. The molecule has 0 spiro atoms. The molecule has 2 aromatic carbocycles. The van der Waals surface area contributed by atoms with Crippen molar-refractivity contribution in [3.63, 3.8) is 0 Å². The number of hydrogen-bond acceptors (Lipinski definition) is 2. The maximum Gasteiger partial charge on any atom is 0.0951 e.